The van der Waals surface area contributed by atoms with Gasteiger partial charge in [-0.05, 0) is 72.6 Å². The molecule has 6 atom stereocenters. The quantitative estimate of drug-likeness (QED) is 0.325. The lowest BCUT2D eigenvalue weighted by Gasteiger charge is -2.37. The van der Waals surface area contributed by atoms with Crippen molar-refractivity contribution in [1.29, 1.82) is 0 Å². The number of amides is 2. The van der Waals surface area contributed by atoms with Crippen LogP contribution in [0.1, 0.15) is 16.8 Å². The first-order valence-corrected chi connectivity index (χ1v) is 10.5. The highest BCUT2D eigenvalue weighted by atomic mass is 35.5. The fraction of sp³-hybridized carbons (Fsp3) is 0.292. The van der Waals surface area contributed by atoms with E-state index in [1.807, 2.05) is 0 Å². The maximum atomic E-state index is 13.3. The summed E-state index contributed by atoms with van der Waals surface area (Å²) < 4.78 is 5.39. The Morgan fingerprint density at radius 2 is 1.57 bits per heavy atom. The van der Waals surface area contributed by atoms with Gasteiger partial charge in [-0.15, -0.1) is 0 Å². The number of allylic oxidation sites excluding steroid dienone is 2. The lowest BCUT2D eigenvalue weighted by molar-refractivity contribution is -0.124. The van der Waals surface area contributed by atoms with E-state index in [0.717, 1.165) is 6.42 Å². The first kappa shape index (κ1) is 17.9. The molecule has 150 valence electrons. The van der Waals surface area contributed by atoms with Crippen molar-refractivity contribution in [3.8, 4) is 5.75 Å². The molecule has 2 bridgehead atoms. The van der Waals surface area contributed by atoms with E-state index in [-0.39, 0.29) is 41.0 Å². The van der Waals surface area contributed by atoms with Gasteiger partial charge in [0.2, 0.25) is 11.8 Å². The normalized spacial score (nSPS) is 32.8. The van der Waals surface area contributed by atoms with Crippen molar-refractivity contribution in [2.45, 2.75) is 6.42 Å². The van der Waals surface area contributed by atoms with Crippen molar-refractivity contribution >= 4 is 35.1 Å². The summed E-state index contributed by atoms with van der Waals surface area (Å²) in [6, 6.07) is 13.0. The predicted octanol–water partition coefficient (Wildman–Crippen LogP) is 4.12. The molecule has 3 fully saturated rings. The second-order valence-electron chi connectivity index (χ2n) is 8.56. The number of imide groups is 1. The molecule has 2 aromatic rings. The highest BCUT2D eigenvalue weighted by molar-refractivity contribution is 6.30. The number of ether oxygens (including phenoxy) is 1. The molecule has 4 aliphatic carbocycles. The van der Waals surface area contributed by atoms with Crippen LogP contribution in [-0.4, -0.2) is 17.8 Å². The molecule has 6 heteroatoms. The lowest BCUT2D eigenvalue weighted by atomic mass is 9.63. The van der Waals surface area contributed by atoms with Crippen LogP contribution >= 0.6 is 11.6 Å². The Morgan fingerprint density at radius 1 is 0.933 bits per heavy atom. The first-order chi connectivity index (χ1) is 14.5. The topological polar surface area (TPSA) is 63.7 Å². The molecule has 1 heterocycles. The predicted molar refractivity (Wildman–Crippen MR) is 110 cm³/mol. The van der Waals surface area contributed by atoms with Crippen molar-refractivity contribution in [2.75, 3.05) is 4.90 Å². The molecule has 5 aliphatic rings. The van der Waals surface area contributed by atoms with E-state index in [2.05, 4.69) is 12.2 Å². The minimum absolute atomic E-state index is 0.141. The van der Waals surface area contributed by atoms with Gasteiger partial charge in [0.15, 0.2) is 0 Å². The molecular formula is C24H18ClNO4. The minimum Gasteiger partial charge on any atom is -0.423 e. The number of carbonyl (C=O) groups excluding carboxylic acids is 3. The zero-order valence-electron chi connectivity index (χ0n) is 15.9. The first-order valence-electron chi connectivity index (χ1n) is 10.2. The molecule has 0 spiro atoms. The van der Waals surface area contributed by atoms with Gasteiger partial charge in [0.1, 0.15) is 5.75 Å². The van der Waals surface area contributed by atoms with Crippen LogP contribution < -0.4 is 9.64 Å². The molecule has 2 saturated carbocycles. The monoisotopic (exact) mass is 419 g/mol. The van der Waals surface area contributed by atoms with Crippen LogP contribution in [0.3, 0.4) is 0 Å². The Hall–Kier alpha value is -2.92. The Bertz CT molecular complexity index is 1090. The summed E-state index contributed by atoms with van der Waals surface area (Å²) in [7, 11) is 0. The number of carbonyl (C=O) groups is 3. The van der Waals surface area contributed by atoms with Crippen molar-refractivity contribution in [2.24, 2.45) is 35.5 Å². The zero-order valence-corrected chi connectivity index (χ0v) is 16.7. The van der Waals surface area contributed by atoms with Gasteiger partial charge < -0.3 is 4.74 Å². The molecule has 7 rings (SSSR count). The summed E-state index contributed by atoms with van der Waals surface area (Å²) in [5, 5.41) is 0.547. The van der Waals surface area contributed by atoms with Gasteiger partial charge in [-0.25, -0.2) is 9.69 Å². The Labute approximate surface area is 178 Å². The number of rotatable bonds is 3. The van der Waals surface area contributed by atoms with Crippen LogP contribution in [0.25, 0.3) is 0 Å². The number of hydrogen-bond acceptors (Lipinski definition) is 4. The summed E-state index contributed by atoms with van der Waals surface area (Å²) in [4.78, 5) is 40.4. The van der Waals surface area contributed by atoms with Crippen LogP contribution in [-0.2, 0) is 9.59 Å². The van der Waals surface area contributed by atoms with Crippen molar-refractivity contribution in [1.82, 2.24) is 0 Å². The van der Waals surface area contributed by atoms with E-state index in [1.54, 1.807) is 48.5 Å². The largest absolute Gasteiger partial charge is 0.423 e. The second-order valence-corrected chi connectivity index (χ2v) is 9.00. The van der Waals surface area contributed by atoms with E-state index >= 15 is 0 Å². The van der Waals surface area contributed by atoms with E-state index < -0.39 is 5.97 Å². The third-order valence-corrected chi connectivity index (χ3v) is 7.28. The molecule has 5 nitrogen and oxygen atoms in total. The molecule has 0 radical (unpaired) electrons. The maximum Gasteiger partial charge on any atom is 0.343 e. The summed E-state index contributed by atoms with van der Waals surface area (Å²) in [6.45, 7) is 0. The fourth-order valence-electron chi connectivity index (χ4n) is 5.65. The average molecular weight is 420 g/mol. The summed E-state index contributed by atoms with van der Waals surface area (Å²) >= 11 is 5.86. The van der Waals surface area contributed by atoms with Gasteiger partial charge >= 0.3 is 5.97 Å². The SMILES string of the molecule is O=C(Oc1ccc(Cl)cc1)c1cccc(N2C(=O)[C@H]3[C@@H]4C=C[C@H]([C@H]5C[C@H]45)[C@@H]3C2=O)c1. The molecule has 2 amide bonds. The molecule has 0 unspecified atom stereocenters. The van der Waals surface area contributed by atoms with Crippen LogP contribution in [0.4, 0.5) is 5.69 Å². The van der Waals surface area contributed by atoms with Gasteiger partial charge in [-0.2, -0.15) is 0 Å². The van der Waals surface area contributed by atoms with Gasteiger partial charge in [0, 0.05) is 5.02 Å². The Morgan fingerprint density at radius 3 is 2.20 bits per heavy atom. The Balaban J connectivity index is 1.28. The molecule has 2 aromatic carbocycles. The molecular weight excluding hydrogens is 402 g/mol. The van der Waals surface area contributed by atoms with Crippen molar-refractivity contribution < 1.29 is 19.1 Å². The number of halogens is 1. The van der Waals surface area contributed by atoms with E-state index in [1.165, 1.54) is 4.90 Å². The van der Waals surface area contributed by atoms with E-state index in [0.29, 0.717) is 28.3 Å². The smallest absolute Gasteiger partial charge is 0.343 e. The van der Waals surface area contributed by atoms with Gasteiger partial charge in [-0.1, -0.05) is 29.8 Å². The third kappa shape index (κ3) is 2.51. The summed E-state index contributed by atoms with van der Waals surface area (Å²) in [6.07, 6.45) is 5.42. The molecule has 1 aliphatic heterocycles. The summed E-state index contributed by atoms with van der Waals surface area (Å²) in [5.74, 6) is 0.457. The van der Waals surface area contributed by atoms with Crippen LogP contribution in [0.15, 0.2) is 60.7 Å². The molecule has 0 aromatic heterocycles. The van der Waals surface area contributed by atoms with Gasteiger partial charge in [0.05, 0.1) is 23.1 Å². The van der Waals surface area contributed by atoms with Crippen molar-refractivity contribution in [3.63, 3.8) is 0 Å². The molecule has 1 saturated heterocycles. The highest BCUT2D eigenvalue weighted by Gasteiger charge is 2.67. The van der Waals surface area contributed by atoms with Crippen molar-refractivity contribution in [3.05, 3.63) is 71.3 Å². The maximum absolute atomic E-state index is 13.3. The molecule has 30 heavy (non-hydrogen) atoms. The number of hydrogen-bond donors (Lipinski definition) is 0. The number of nitrogens with zero attached hydrogens (tertiary/aromatic N) is 1. The standard InChI is InChI=1S/C24H18ClNO4/c25-13-4-6-15(7-5-13)30-24(29)12-2-1-3-14(10-12)26-22(27)20-16-8-9-17(19-11-18(16)19)21(20)23(26)28/h1-10,16-21H,11H2/t16-,17-,18-,19-,20+,21+/m1/s1. The number of esters is 1. The van der Waals surface area contributed by atoms with Gasteiger partial charge in [0.25, 0.3) is 0 Å². The summed E-state index contributed by atoms with van der Waals surface area (Å²) in [5.41, 5.74) is 0.708. The van der Waals surface area contributed by atoms with Crippen LogP contribution in [0.2, 0.25) is 5.02 Å². The van der Waals surface area contributed by atoms with E-state index in [9.17, 15) is 14.4 Å². The minimum atomic E-state index is -0.557. The van der Waals surface area contributed by atoms with Gasteiger partial charge in [-0.3, -0.25) is 9.59 Å². The van der Waals surface area contributed by atoms with Crippen LogP contribution in [0.5, 0.6) is 5.75 Å². The second kappa shape index (κ2) is 6.29. The Kier molecular flexibility index (Phi) is 3.75. The zero-order chi connectivity index (χ0) is 20.6. The number of anilines is 1. The lowest BCUT2D eigenvalue weighted by Crippen LogP contribution is -2.40. The number of benzene rings is 2. The van der Waals surface area contributed by atoms with E-state index in [4.69, 9.17) is 16.3 Å². The average Bonchev–Trinajstić information content (AvgIpc) is 3.53. The highest BCUT2D eigenvalue weighted by Crippen LogP contribution is 2.65. The van der Waals surface area contributed by atoms with Crippen LogP contribution in [0, 0.1) is 35.5 Å². The molecule has 0 N–H and O–H groups in total. The third-order valence-electron chi connectivity index (χ3n) is 7.03. The fourth-order valence-corrected chi connectivity index (χ4v) is 5.78.